The molecule has 0 aliphatic carbocycles. The van der Waals surface area contributed by atoms with Crippen LogP contribution in [0.5, 0.6) is 5.75 Å². The zero-order valence-electron chi connectivity index (χ0n) is 9.87. The molecule has 0 aromatic heterocycles. The number of ether oxygens (including phenoxy) is 1. The third-order valence-corrected chi connectivity index (χ3v) is 2.62. The van der Waals surface area contributed by atoms with E-state index in [4.69, 9.17) is 10.5 Å². The fourth-order valence-electron chi connectivity index (χ4n) is 1.80. The van der Waals surface area contributed by atoms with Gasteiger partial charge >= 0.3 is 0 Å². The lowest BCUT2D eigenvalue weighted by Gasteiger charge is -2.12. The van der Waals surface area contributed by atoms with Crippen molar-refractivity contribution < 1.29 is 14.6 Å². The molecule has 4 nitrogen and oxygen atoms in total. The number of aliphatic hydroxyl groups is 1. The third kappa shape index (κ3) is 2.99. The molecule has 0 unspecified atom stereocenters. The number of hydrogen-bond donors (Lipinski definition) is 2. The molecule has 4 heteroatoms. The Kier molecular flexibility index (Phi) is 3.79. The van der Waals surface area contributed by atoms with Crippen LogP contribution in [0.1, 0.15) is 6.42 Å². The van der Waals surface area contributed by atoms with E-state index >= 15 is 0 Å². The third-order valence-electron chi connectivity index (χ3n) is 2.62. The number of rotatable bonds is 5. The van der Waals surface area contributed by atoms with Gasteiger partial charge in [-0.25, -0.2) is 0 Å². The van der Waals surface area contributed by atoms with Gasteiger partial charge in [0.15, 0.2) is 0 Å². The van der Waals surface area contributed by atoms with Crippen molar-refractivity contribution in [2.45, 2.75) is 12.5 Å². The van der Waals surface area contributed by atoms with Gasteiger partial charge in [0.25, 0.3) is 0 Å². The molecule has 0 heterocycles. The van der Waals surface area contributed by atoms with Crippen LogP contribution in [0.3, 0.4) is 0 Å². The van der Waals surface area contributed by atoms with Gasteiger partial charge in [-0.05, 0) is 11.5 Å². The SMILES string of the molecule is NC(=O)C[C@@H](O)COc1cccc2ccccc12. The van der Waals surface area contributed by atoms with Gasteiger partial charge in [-0.1, -0.05) is 36.4 Å². The summed E-state index contributed by atoms with van der Waals surface area (Å²) in [7, 11) is 0. The van der Waals surface area contributed by atoms with Crippen molar-refractivity contribution in [1.29, 1.82) is 0 Å². The summed E-state index contributed by atoms with van der Waals surface area (Å²) < 4.78 is 5.52. The molecule has 2 aromatic rings. The number of nitrogens with two attached hydrogens (primary N) is 1. The van der Waals surface area contributed by atoms with Crippen LogP contribution < -0.4 is 10.5 Å². The van der Waals surface area contributed by atoms with Crippen molar-refractivity contribution in [3.8, 4) is 5.75 Å². The Bertz CT molecular complexity index is 548. The average Bonchev–Trinajstić information content (AvgIpc) is 2.35. The summed E-state index contributed by atoms with van der Waals surface area (Å²) in [6.07, 6.45) is -0.966. The van der Waals surface area contributed by atoms with E-state index in [1.54, 1.807) is 0 Å². The minimum absolute atomic E-state index is 0.0525. The number of benzene rings is 2. The minimum Gasteiger partial charge on any atom is -0.490 e. The van der Waals surface area contributed by atoms with Crippen LogP contribution >= 0.6 is 0 Å². The van der Waals surface area contributed by atoms with E-state index in [0.717, 1.165) is 10.8 Å². The van der Waals surface area contributed by atoms with Gasteiger partial charge in [0, 0.05) is 5.39 Å². The monoisotopic (exact) mass is 245 g/mol. The second-order valence-electron chi connectivity index (χ2n) is 4.11. The van der Waals surface area contributed by atoms with Crippen LogP contribution in [-0.4, -0.2) is 23.7 Å². The van der Waals surface area contributed by atoms with Gasteiger partial charge < -0.3 is 15.6 Å². The summed E-state index contributed by atoms with van der Waals surface area (Å²) >= 11 is 0. The van der Waals surface area contributed by atoms with E-state index in [2.05, 4.69) is 0 Å². The molecule has 0 aliphatic rings. The van der Waals surface area contributed by atoms with Crippen molar-refractivity contribution in [3.05, 3.63) is 42.5 Å². The Hall–Kier alpha value is -2.07. The Morgan fingerprint density at radius 1 is 1.22 bits per heavy atom. The summed E-state index contributed by atoms with van der Waals surface area (Å²) in [4.78, 5) is 10.6. The van der Waals surface area contributed by atoms with Crippen LogP contribution in [0.15, 0.2) is 42.5 Å². The van der Waals surface area contributed by atoms with Crippen LogP contribution in [0.4, 0.5) is 0 Å². The topological polar surface area (TPSA) is 72.6 Å². The maximum atomic E-state index is 10.6. The standard InChI is InChI=1S/C14H15NO3/c15-14(17)8-11(16)9-18-13-7-3-5-10-4-1-2-6-12(10)13/h1-7,11,16H,8-9H2,(H2,15,17)/t11-/m1/s1. The molecule has 1 atom stereocenters. The Morgan fingerprint density at radius 2 is 1.94 bits per heavy atom. The van der Waals surface area contributed by atoms with Gasteiger partial charge in [-0.15, -0.1) is 0 Å². The highest BCUT2D eigenvalue weighted by Gasteiger charge is 2.09. The molecule has 2 aromatic carbocycles. The van der Waals surface area contributed by atoms with E-state index < -0.39 is 12.0 Å². The van der Waals surface area contributed by atoms with Gasteiger partial charge in [0.1, 0.15) is 12.4 Å². The van der Waals surface area contributed by atoms with E-state index in [0.29, 0.717) is 5.75 Å². The number of amides is 1. The van der Waals surface area contributed by atoms with Crippen LogP contribution in [0, 0.1) is 0 Å². The van der Waals surface area contributed by atoms with Crippen LogP contribution in [-0.2, 0) is 4.79 Å². The minimum atomic E-state index is -0.874. The highest BCUT2D eigenvalue weighted by atomic mass is 16.5. The van der Waals surface area contributed by atoms with Gasteiger partial charge in [-0.2, -0.15) is 0 Å². The second-order valence-corrected chi connectivity index (χ2v) is 4.11. The summed E-state index contributed by atoms with van der Waals surface area (Å²) in [5.41, 5.74) is 5.00. The zero-order valence-corrected chi connectivity index (χ0v) is 9.87. The quantitative estimate of drug-likeness (QED) is 0.837. The number of carbonyl (C=O) groups is 1. The molecule has 0 bridgehead atoms. The van der Waals surface area contributed by atoms with E-state index in [9.17, 15) is 9.90 Å². The first-order valence-corrected chi connectivity index (χ1v) is 5.74. The molecule has 0 aliphatic heterocycles. The van der Waals surface area contributed by atoms with Crippen molar-refractivity contribution in [2.75, 3.05) is 6.61 Å². The highest BCUT2D eigenvalue weighted by molar-refractivity contribution is 5.88. The van der Waals surface area contributed by atoms with Crippen molar-refractivity contribution >= 4 is 16.7 Å². The van der Waals surface area contributed by atoms with Gasteiger partial charge in [0.05, 0.1) is 12.5 Å². The zero-order chi connectivity index (χ0) is 13.0. The van der Waals surface area contributed by atoms with E-state index in [1.807, 2.05) is 42.5 Å². The molecule has 94 valence electrons. The molecular formula is C14H15NO3. The molecular weight excluding hydrogens is 230 g/mol. The average molecular weight is 245 g/mol. The number of carbonyl (C=O) groups excluding carboxylic acids is 1. The summed E-state index contributed by atoms with van der Waals surface area (Å²) in [6, 6.07) is 13.5. The molecule has 0 saturated carbocycles. The summed E-state index contributed by atoms with van der Waals surface area (Å²) in [6.45, 7) is 0.0525. The number of aliphatic hydroxyl groups excluding tert-OH is 1. The normalized spacial score (nSPS) is 12.3. The lowest BCUT2D eigenvalue weighted by molar-refractivity contribution is -0.120. The Balaban J connectivity index is 2.10. The maximum Gasteiger partial charge on any atom is 0.220 e. The number of fused-ring (bicyclic) bond motifs is 1. The first kappa shape index (κ1) is 12.4. The molecule has 18 heavy (non-hydrogen) atoms. The largest absolute Gasteiger partial charge is 0.490 e. The molecule has 0 radical (unpaired) electrons. The smallest absolute Gasteiger partial charge is 0.220 e. The molecule has 0 saturated heterocycles. The van der Waals surface area contributed by atoms with Crippen molar-refractivity contribution in [1.82, 2.24) is 0 Å². The summed E-state index contributed by atoms with van der Waals surface area (Å²) in [5, 5.41) is 11.6. The summed E-state index contributed by atoms with van der Waals surface area (Å²) in [5.74, 6) is 0.153. The highest BCUT2D eigenvalue weighted by Crippen LogP contribution is 2.25. The predicted molar refractivity (Wildman–Crippen MR) is 69.3 cm³/mol. The fourth-order valence-corrected chi connectivity index (χ4v) is 1.80. The Labute approximate surface area is 105 Å². The molecule has 0 spiro atoms. The van der Waals surface area contributed by atoms with Crippen molar-refractivity contribution in [2.24, 2.45) is 5.73 Å². The first-order chi connectivity index (χ1) is 8.66. The second kappa shape index (κ2) is 5.51. The lowest BCUT2D eigenvalue weighted by atomic mass is 10.1. The fraction of sp³-hybridized carbons (Fsp3) is 0.214. The van der Waals surface area contributed by atoms with E-state index in [1.165, 1.54) is 0 Å². The van der Waals surface area contributed by atoms with Crippen molar-refractivity contribution in [3.63, 3.8) is 0 Å². The molecule has 3 N–H and O–H groups in total. The predicted octanol–water partition coefficient (Wildman–Crippen LogP) is 1.45. The molecule has 2 rings (SSSR count). The maximum absolute atomic E-state index is 10.6. The molecule has 0 fully saturated rings. The van der Waals surface area contributed by atoms with Gasteiger partial charge in [-0.3, -0.25) is 4.79 Å². The van der Waals surface area contributed by atoms with Gasteiger partial charge in [0.2, 0.25) is 5.91 Å². The van der Waals surface area contributed by atoms with Crippen LogP contribution in [0.25, 0.3) is 10.8 Å². The number of hydrogen-bond acceptors (Lipinski definition) is 3. The molecule has 1 amide bonds. The number of primary amides is 1. The van der Waals surface area contributed by atoms with Crippen LogP contribution in [0.2, 0.25) is 0 Å². The Morgan fingerprint density at radius 3 is 2.72 bits per heavy atom. The van der Waals surface area contributed by atoms with E-state index in [-0.39, 0.29) is 13.0 Å². The lowest BCUT2D eigenvalue weighted by Crippen LogP contribution is -2.25. The first-order valence-electron chi connectivity index (χ1n) is 5.74.